The molecule has 3 nitrogen and oxygen atoms in total. The van der Waals surface area contributed by atoms with Gasteiger partial charge in [-0.3, -0.25) is 0 Å². The highest BCUT2D eigenvalue weighted by Gasteiger charge is 2.21. The zero-order valence-electron chi connectivity index (χ0n) is 13.6. The van der Waals surface area contributed by atoms with E-state index in [-0.39, 0.29) is 0 Å². The summed E-state index contributed by atoms with van der Waals surface area (Å²) in [5.41, 5.74) is -0.182. The molecule has 0 saturated heterocycles. The molecule has 1 amide bonds. The van der Waals surface area contributed by atoms with Gasteiger partial charge in [0, 0.05) is 10.6 Å². The minimum atomic E-state index is -0.582. The Hall–Kier alpha value is -1.29. The summed E-state index contributed by atoms with van der Waals surface area (Å²) in [5.74, 6) is -0.435. The van der Waals surface area contributed by atoms with Crippen LogP contribution in [0.4, 0.5) is 9.18 Å². The number of carbonyl (C=O) groups excluding carboxylic acids is 1. The molecule has 1 unspecified atom stereocenters. The maximum absolute atomic E-state index is 13.8. The van der Waals surface area contributed by atoms with Gasteiger partial charge in [0.05, 0.1) is 6.04 Å². The summed E-state index contributed by atoms with van der Waals surface area (Å²) in [7, 11) is 0. The van der Waals surface area contributed by atoms with Crippen LogP contribution in [0.2, 0.25) is 5.02 Å². The van der Waals surface area contributed by atoms with E-state index in [1.807, 2.05) is 20.8 Å². The lowest BCUT2D eigenvalue weighted by Crippen LogP contribution is -2.35. The largest absolute Gasteiger partial charge is 0.444 e. The molecule has 0 aliphatic rings. The Balaban J connectivity index is 0.00000191. The van der Waals surface area contributed by atoms with Crippen LogP contribution in [0.5, 0.6) is 0 Å². The minimum absolute atomic E-state index is 0.327. The Labute approximate surface area is 131 Å². The maximum atomic E-state index is 13.8. The lowest BCUT2D eigenvalue weighted by molar-refractivity contribution is 0.0501. The molecule has 21 heavy (non-hydrogen) atoms. The standard InChI is InChI=1S/C14H19ClFNO2.C2H6/c1-5-12(17-13(18)19-14(2,3)4)10-7-6-9(15)8-11(10)16;1-2/h6-8,12H,5H2,1-4H3,(H,17,18);1-2H3. The van der Waals surface area contributed by atoms with Crippen LogP contribution in [0, 0.1) is 5.82 Å². The van der Waals surface area contributed by atoms with E-state index in [0.717, 1.165) is 0 Å². The van der Waals surface area contributed by atoms with Crippen molar-refractivity contribution >= 4 is 17.7 Å². The number of ether oxygens (including phenoxy) is 1. The van der Waals surface area contributed by atoms with Crippen molar-refractivity contribution in [3.8, 4) is 0 Å². The summed E-state index contributed by atoms with van der Waals surface area (Å²) < 4.78 is 19.0. The summed E-state index contributed by atoms with van der Waals surface area (Å²) in [6, 6.07) is 3.96. The monoisotopic (exact) mass is 317 g/mol. The molecule has 5 heteroatoms. The van der Waals surface area contributed by atoms with Gasteiger partial charge in [-0.2, -0.15) is 0 Å². The van der Waals surface area contributed by atoms with Gasteiger partial charge in [-0.05, 0) is 39.3 Å². The van der Waals surface area contributed by atoms with Gasteiger partial charge in [0.1, 0.15) is 11.4 Å². The quantitative estimate of drug-likeness (QED) is 0.801. The highest BCUT2D eigenvalue weighted by molar-refractivity contribution is 6.30. The van der Waals surface area contributed by atoms with Crippen LogP contribution >= 0.6 is 11.6 Å². The number of benzene rings is 1. The molecule has 120 valence electrons. The van der Waals surface area contributed by atoms with Crippen molar-refractivity contribution in [2.24, 2.45) is 0 Å². The molecule has 0 fully saturated rings. The van der Waals surface area contributed by atoms with Gasteiger partial charge in [0.25, 0.3) is 0 Å². The van der Waals surface area contributed by atoms with Gasteiger partial charge in [-0.1, -0.05) is 38.4 Å². The average Bonchev–Trinajstić information content (AvgIpc) is 2.37. The number of alkyl carbamates (subject to hydrolysis) is 1. The van der Waals surface area contributed by atoms with Crippen LogP contribution in [-0.4, -0.2) is 11.7 Å². The Morgan fingerprint density at radius 3 is 2.38 bits per heavy atom. The van der Waals surface area contributed by atoms with Crippen LogP contribution in [0.25, 0.3) is 0 Å². The second-order valence-electron chi connectivity index (χ2n) is 5.27. The third-order valence-electron chi connectivity index (χ3n) is 2.44. The molecule has 0 bridgehead atoms. The molecule has 1 rings (SSSR count). The van der Waals surface area contributed by atoms with Gasteiger partial charge in [0.2, 0.25) is 0 Å². The minimum Gasteiger partial charge on any atom is -0.444 e. The van der Waals surface area contributed by atoms with E-state index in [9.17, 15) is 9.18 Å². The first-order valence-corrected chi connectivity index (χ1v) is 7.55. The Morgan fingerprint density at radius 2 is 1.95 bits per heavy atom. The van der Waals surface area contributed by atoms with Crippen LogP contribution in [0.15, 0.2) is 18.2 Å². The second kappa shape index (κ2) is 8.88. The van der Waals surface area contributed by atoms with E-state index in [1.54, 1.807) is 32.9 Å². The number of nitrogens with one attached hydrogen (secondary N) is 1. The average molecular weight is 318 g/mol. The summed E-state index contributed by atoms with van der Waals surface area (Å²) in [6.45, 7) is 11.2. The van der Waals surface area contributed by atoms with Crippen molar-refractivity contribution in [2.45, 2.75) is 59.6 Å². The van der Waals surface area contributed by atoms with Crippen LogP contribution < -0.4 is 5.32 Å². The first-order valence-electron chi connectivity index (χ1n) is 7.17. The highest BCUT2D eigenvalue weighted by Crippen LogP contribution is 2.23. The SMILES string of the molecule is CC.CCC(NC(=O)OC(C)(C)C)c1ccc(Cl)cc1F. The number of hydrogen-bond donors (Lipinski definition) is 1. The predicted molar refractivity (Wildman–Crippen MR) is 85.2 cm³/mol. The van der Waals surface area contributed by atoms with E-state index >= 15 is 0 Å². The number of rotatable bonds is 3. The predicted octanol–water partition coefficient (Wildman–Crippen LogP) is 5.48. The molecule has 1 N–H and O–H groups in total. The van der Waals surface area contributed by atoms with E-state index in [1.165, 1.54) is 6.07 Å². The molecule has 0 aliphatic heterocycles. The van der Waals surface area contributed by atoms with E-state index < -0.39 is 23.6 Å². The zero-order chi connectivity index (χ0) is 16.6. The van der Waals surface area contributed by atoms with Crippen molar-refractivity contribution in [3.05, 3.63) is 34.6 Å². The van der Waals surface area contributed by atoms with Crippen molar-refractivity contribution in [2.75, 3.05) is 0 Å². The summed E-state index contributed by atoms with van der Waals surface area (Å²) in [4.78, 5) is 11.7. The summed E-state index contributed by atoms with van der Waals surface area (Å²) in [6.07, 6.45) is -0.00802. The maximum Gasteiger partial charge on any atom is 0.408 e. The molecular formula is C16H25ClFNO2. The molecule has 1 atom stereocenters. The summed E-state index contributed by atoms with van der Waals surface area (Å²) in [5, 5.41) is 2.98. The van der Waals surface area contributed by atoms with E-state index in [2.05, 4.69) is 5.32 Å². The molecule has 1 aromatic carbocycles. The second-order valence-corrected chi connectivity index (χ2v) is 5.71. The fourth-order valence-corrected chi connectivity index (χ4v) is 1.79. The number of amides is 1. The topological polar surface area (TPSA) is 38.3 Å². The molecule has 0 saturated carbocycles. The van der Waals surface area contributed by atoms with Gasteiger partial charge < -0.3 is 10.1 Å². The molecule has 1 aromatic rings. The lowest BCUT2D eigenvalue weighted by Gasteiger charge is -2.23. The first-order chi connectivity index (χ1) is 9.73. The van der Waals surface area contributed by atoms with Crippen molar-refractivity contribution < 1.29 is 13.9 Å². The number of hydrogen-bond acceptors (Lipinski definition) is 2. The third kappa shape index (κ3) is 7.32. The molecule has 0 spiro atoms. The van der Waals surface area contributed by atoms with Gasteiger partial charge in [-0.25, -0.2) is 9.18 Å². The lowest BCUT2D eigenvalue weighted by atomic mass is 10.0. The van der Waals surface area contributed by atoms with Gasteiger partial charge in [0.15, 0.2) is 0 Å². The Bertz CT molecular complexity index is 458. The van der Waals surface area contributed by atoms with Gasteiger partial charge >= 0.3 is 6.09 Å². The first kappa shape index (κ1) is 19.7. The smallest absolute Gasteiger partial charge is 0.408 e. The fourth-order valence-electron chi connectivity index (χ4n) is 1.63. The van der Waals surface area contributed by atoms with E-state index in [4.69, 9.17) is 16.3 Å². The van der Waals surface area contributed by atoms with Crippen LogP contribution in [-0.2, 0) is 4.74 Å². The molecule has 0 aliphatic carbocycles. The van der Waals surface area contributed by atoms with Gasteiger partial charge in [-0.15, -0.1) is 0 Å². The van der Waals surface area contributed by atoms with Crippen molar-refractivity contribution in [1.82, 2.24) is 5.32 Å². The molecular weight excluding hydrogens is 293 g/mol. The van der Waals surface area contributed by atoms with Crippen LogP contribution in [0.1, 0.15) is 59.6 Å². The zero-order valence-corrected chi connectivity index (χ0v) is 14.3. The number of carbonyl (C=O) groups is 1. The van der Waals surface area contributed by atoms with Crippen LogP contribution in [0.3, 0.4) is 0 Å². The Morgan fingerprint density at radius 1 is 1.38 bits per heavy atom. The normalized spacial score (nSPS) is 12.0. The third-order valence-corrected chi connectivity index (χ3v) is 2.67. The summed E-state index contributed by atoms with van der Waals surface area (Å²) >= 11 is 5.71. The van der Waals surface area contributed by atoms with E-state index in [0.29, 0.717) is 17.0 Å². The van der Waals surface area contributed by atoms with Crippen molar-refractivity contribution in [1.29, 1.82) is 0 Å². The highest BCUT2D eigenvalue weighted by atomic mass is 35.5. The molecule has 0 radical (unpaired) electrons. The number of halogens is 2. The molecule has 0 heterocycles. The molecule has 0 aromatic heterocycles. The Kier molecular flexibility index (Phi) is 8.33. The van der Waals surface area contributed by atoms with Crippen molar-refractivity contribution in [3.63, 3.8) is 0 Å². The fraction of sp³-hybridized carbons (Fsp3) is 0.562.